The van der Waals surface area contributed by atoms with Gasteiger partial charge in [-0.3, -0.25) is 19.6 Å². The Kier molecular flexibility index (Phi) is 4.72. The molecule has 0 spiro atoms. The normalized spacial score (nSPS) is 22.7. The highest BCUT2D eigenvalue weighted by atomic mass is 16.1. The Morgan fingerprint density at radius 1 is 0.545 bits per heavy atom. The van der Waals surface area contributed by atoms with Gasteiger partial charge in [-0.15, -0.1) is 0 Å². The van der Waals surface area contributed by atoms with Gasteiger partial charge in [-0.2, -0.15) is 0 Å². The van der Waals surface area contributed by atoms with Gasteiger partial charge >= 0.3 is 0 Å². The van der Waals surface area contributed by atoms with Crippen LogP contribution in [0.25, 0.3) is 0 Å². The van der Waals surface area contributed by atoms with E-state index in [2.05, 4.69) is 34.2 Å². The zero-order valence-electron chi connectivity index (χ0n) is 18.0. The summed E-state index contributed by atoms with van der Waals surface area (Å²) in [5.41, 5.74) is 5.18. The molecule has 0 unspecified atom stereocenters. The van der Waals surface area contributed by atoms with Crippen LogP contribution in [-0.4, -0.2) is 21.5 Å². The predicted molar refractivity (Wildman–Crippen MR) is 126 cm³/mol. The van der Waals surface area contributed by atoms with Crippen molar-refractivity contribution < 1.29 is 9.59 Å². The first-order chi connectivity index (χ1) is 16.2. The average molecular weight is 431 g/mol. The summed E-state index contributed by atoms with van der Waals surface area (Å²) in [6.45, 7) is 0. The number of nitrogens with zero attached hydrogens (tertiary/aromatic N) is 2. The van der Waals surface area contributed by atoms with Gasteiger partial charge in [0.1, 0.15) is 11.4 Å². The number of hydrogen-bond donors (Lipinski definition) is 0. The Labute approximate surface area is 192 Å². The van der Waals surface area contributed by atoms with E-state index in [9.17, 15) is 9.59 Å². The number of aromatic nitrogens is 2. The molecule has 2 heterocycles. The van der Waals surface area contributed by atoms with Crippen molar-refractivity contribution in [2.75, 3.05) is 0 Å². The van der Waals surface area contributed by atoms with E-state index in [1.807, 2.05) is 48.5 Å². The Bertz CT molecular complexity index is 1250. The zero-order chi connectivity index (χ0) is 22.4. The molecule has 4 atom stereocenters. The summed E-state index contributed by atoms with van der Waals surface area (Å²) < 4.78 is 0. The Morgan fingerprint density at radius 3 is 1.33 bits per heavy atom. The number of ketones is 2. The molecule has 0 amide bonds. The van der Waals surface area contributed by atoms with Crippen molar-refractivity contribution in [3.63, 3.8) is 0 Å². The first-order valence-corrected chi connectivity index (χ1v) is 11.3. The topological polar surface area (TPSA) is 59.9 Å². The van der Waals surface area contributed by atoms with Crippen molar-refractivity contribution in [1.29, 1.82) is 0 Å². The number of fused-ring (bicyclic) bond motifs is 6. The van der Waals surface area contributed by atoms with Crippen molar-refractivity contribution in [2.45, 2.75) is 30.1 Å². The van der Waals surface area contributed by atoms with Gasteiger partial charge in [-0.25, -0.2) is 0 Å². The Balaban J connectivity index is 1.54. The van der Waals surface area contributed by atoms with Crippen LogP contribution in [0.2, 0.25) is 0 Å². The van der Waals surface area contributed by atoms with E-state index in [-0.39, 0.29) is 35.2 Å². The van der Waals surface area contributed by atoms with Crippen molar-refractivity contribution in [3.05, 3.63) is 131 Å². The monoisotopic (exact) mass is 430 g/mol. The van der Waals surface area contributed by atoms with E-state index in [1.165, 1.54) is 0 Å². The van der Waals surface area contributed by atoms with Crippen LogP contribution in [0.5, 0.6) is 0 Å². The highest BCUT2D eigenvalue weighted by Crippen LogP contribution is 2.58. The second-order valence-corrected chi connectivity index (χ2v) is 8.82. The number of pyridine rings is 2. The molecule has 4 nitrogen and oxygen atoms in total. The highest BCUT2D eigenvalue weighted by molar-refractivity contribution is 6.03. The summed E-state index contributed by atoms with van der Waals surface area (Å²) in [7, 11) is 0. The summed E-state index contributed by atoms with van der Waals surface area (Å²) in [6.07, 6.45) is 4.09. The third-order valence-corrected chi connectivity index (χ3v) is 7.17. The molecule has 0 aliphatic heterocycles. The van der Waals surface area contributed by atoms with Crippen molar-refractivity contribution >= 4 is 11.6 Å². The molecule has 0 fully saturated rings. The Hall–Kier alpha value is -3.92. The maximum Gasteiger partial charge on any atom is 0.189 e. The van der Waals surface area contributed by atoms with Crippen molar-refractivity contribution in [3.8, 4) is 0 Å². The molecule has 2 aliphatic rings. The van der Waals surface area contributed by atoms with Crippen LogP contribution in [-0.2, 0) is 0 Å². The van der Waals surface area contributed by atoms with E-state index < -0.39 is 0 Å². The van der Waals surface area contributed by atoms with Gasteiger partial charge in [0.15, 0.2) is 11.6 Å². The molecule has 0 N–H and O–H groups in total. The molecule has 0 saturated carbocycles. The quantitative estimate of drug-likeness (QED) is 0.390. The number of rotatable bonds is 4. The van der Waals surface area contributed by atoms with Crippen LogP contribution in [0.15, 0.2) is 97.3 Å². The van der Waals surface area contributed by atoms with Crippen LogP contribution < -0.4 is 0 Å². The molecule has 2 aliphatic carbocycles. The lowest BCUT2D eigenvalue weighted by Gasteiger charge is -2.45. The second kappa shape index (κ2) is 7.89. The summed E-state index contributed by atoms with van der Waals surface area (Å²) in [4.78, 5) is 36.3. The maximum atomic E-state index is 13.8. The van der Waals surface area contributed by atoms with E-state index in [0.717, 1.165) is 28.7 Å². The van der Waals surface area contributed by atoms with Gasteiger partial charge in [-0.05, 0) is 64.8 Å². The van der Waals surface area contributed by atoms with Gasteiger partial charge in [0.05, 0.1) is 11.8 Å². The van der Waals surface area contributed by atoms with Gasteiger partial charge in [-0.1, -0.05) is 60.7 Å². The minimum atomic E-state index is -0.320. The van der Waals surface area contributed by atoms with Crippen LogP contribution >= 0.6 is 0 Å². The number of carbonyl (C=O) groups is 2. The Morgan fingerprint density at radius 2 is 0.939 bits per heavy atom. The number of Topliss-reactive ketones (excluding diaryl/α,β-unsaturated/α-hetero) is 2. The van der Waals surface area contributed by atoms with Gasteiger partial charge < -0.3 is 0 Å². The van der Waals surface area contributed by atoms with E-state index in [4.69, 9.17) is 0 Å². The molecule has 4 aromatic rings. The standard InChI is InChI=1S/C29H22N2O2/c32-28(24-13-5-7-15-30-24)26-20-11-3-1-9-18(20)22-17-23(26)19-10-2-4-12-21(19)27(22)29(33)25-14-6-8-16-31-25/h1-16,22-23,26-27H,17H2/t22-,23-,26-,27-/m1/s1. The third-order valence-electron chi connectivity index (χ3n) is 7.17. The molecule has 160 valence electrons. The van der Waals surface area contributed by atoms with Crippen LogP contribution in [0.1, 0.15) is 73.3 Å². The number of benzene rings is 2. The fraction of sp³-hybridized carbons (Fsp3) is 0.172. The summed E-state index contributed by atoms with van der Waals surface area (Å²) >= 11 is 0. The lowest BCUT2D eigenvalue weighted by atomic mass is 9.56. The summed E-state index contributed by atoms with van der Waals surface area (Å²) in [5.74, 6) is -0.558. The molecule has 0 saturated heterocycles. The smallest absolute Gasteiger partial charge is 0.189 e. The van der Waals surface area contributed by atoms with E-state index in [1.54, 1.807) is 24.5 Å². The SMILES string of the molecule is O=C(c1ccccn1)[C@@H]1c2ccccc2[C@H]2C[C@@H]1c1ccccc1[C@H]2C(=O)c1ccccn1. The molecule has 2 bridgehead atoms. The molecule has 6 rings (SSSR count). The largest absolute Gasteiger partial charge is 0.292 e. The highest BCUT2D eigenvalue weighted by Gasteiger charge is 2.49. The van der Waals surface area contributed by atoms with E-state index >= 15 is 0 Å². The third kappa shape index (κ3) is 3.13. The first kappa shape index (κ1) is 19.7. The number of carbonyl (C=O) groups excluding carboxylic acids is 2. The maximum absolute atomic E-state index is 13.8. The summed E-state index contributed by atoms with van der Waals surface area (Å²) in [6, 6.07) is 27.2. The van der Waals surface area contributed by atoms with Crippen LogP contribution in [0.4, 0.5) is 0 Å². The predicted octanol–water partition coefficient (Wildman–Crippen LogP) is 5.69. The minimum Gasteiger partial charge on any atom is -0.292 e. The molecule has 2 aromatic carbocycles. The average Bonchev–Trinajstić information content (AvgIpc) is 2.89. The lowest BCUT2D eigenvalue weighted by Crippen LogP contribution is -2.37. The number of hydrogen-bond acceptors (Lipinski definition) is 4. The van der Waals surface area contributed by atoms with Gasteiger partial charge in [0, 0.05) is 12.4 Å². The fourth-order valence-corrected chi connectivity index (χ4v) is 5.84. The lowest BCUT2D eigenvalue weighted by molar-refractivity contribution is 0.0903. The van der Waals surface area contributed by atoms with Crippen LogP contribution in [0.3, 0.4) is 0 Å². The molecular formula is C29H22N2O2. The minimum absolute atomic E-state index is 0.00314. The molecule has 2 aromatic heterocycles. The van der Waals surface area contributed by atoms with Crippen molar-refractivity contribution in [1.82, 2.24) is 9.97 Å². The zero-order valence-corrected chi connectivity index (χ0v) is 18.0. The van der Waals surface area contributed by atoms with Gasteiger partial charge in [0.2, 0.25) is 0 Å². The van der Waals surface area contributed by atoms with Crippen molar-refractivity contribution in [2.24, 2.45) is 0 Å². The molecule has 33 heavy (non-hydrogen) atoms. The molecule has 4 heteroatoms. The fourth-order valence-electron chi connectivity index (χ4n) is 5.84. The summed E-state index contributed by atoms with van der Waals surface area (Å²) in [5, 5.41) is 0. The van der Waals surface area contributed by atoms with Crippen LogP contribution in [0, 0.1) is 0 Å². The van der Waals surface area contributed by atoms with Gasteiger partial charge in [0.25, 0.3) is 0 Å². The molecular weight excluding hydrogens is 408 g/mol. The van der Waals surface area contributed by atoms with E-state index in [0.29, 0.717) is 11.4 Å². The molecule has 0 radical (unpaired) electrons. The second-order valence-electron chi connectivity index (χ2n) is 8.82. The first-order valence-electron chi connectivity index (χ1n) is 11.3.